The van der Waals surface area contributed by atoms with Crippen LogP contribution in [0, 0.1) is 5.92 Å². The van der Waals surface area contributed by atoms with Crippen molar-refractivity contribution in [1.29, 1.82) is 0 Å². The van der Waals surface area contributed by atoms with Gasteiger partial charge in [0.1, 0.15) is 0 Å². The summed E-state index contributed by atoms with van der Waals surface area (Å²) in [4.78, 5) is 0. The summed E-state index contributed by atoms with van der Waals surface area (Å²) >= 11 is 0. The van der Waals surface area contributed by atoms with Crippen molar-refractivity contribution in [3.63, 3.8) is 0 Å². The third-order valence-electron chi connectivity index (χ3n) is 5.34. The second-order valence-corrected chi connectivity index (χ2v) is 8.55. The molecule has 5 nitrogen and oxygen atoms in total. The Kier molecular flexibility index (Phi) is 18.3. The van der Waals surface area contributed by atoms with Crippen LogP contribution in [0.25, 0.3) is 0 Å². The molecule has 0 aromatic rings. The molecule has 0 saturated heterocycles. The summed E-state index contributed by atoms with van der Waals surface area (Å²) in [5.74, 6) is 0.793. The first-order chi connectivity index (χ1) is 12.2. The molecule has 0 aliphatic heterocycles. The first-order valence-corrected chi connectivity index (χ1v) is 11.9. The number of quaternary nitrogens is 1. The van der Waals surface area contributed by atoms with Crippen molar-refractivity contribution < 1.29 is 21.6 Å². The Morgan fingerprint density at radius 3 is 1.46 bits per heavy atom. The lowest BCUT2D eigenvalue weighted by Crippen LogP contribution is -2.47. The molecule has 0 N–H and O–H groups in total. The number of nitrogens with zero attached hydrogens (tertiary/aromatic N) is 1. The number of rotatable bonds is 15. The molecule has 0 aromatic carbocycles. The van der Waals surface area contributed by atoms with E-state index >= 15 is 0 Å². The lowest BCUT2D eigenvalue weighted by atomic mass is 10.0. The molecule has 0 bridgehead atoms. The monoisotopic (exact) mass is 395 g/mol. The molecule has 0 radical (unpaired) electrons. The van der Waals surface area contributed by atoms with Crippen molar-refractivity contribution in [2.24, 2.45) is 5.92 Å². The van der Waals surface area contributed by atoms with E-state index in [1.54, 1.807) is 0 Å². The fourth-order valence-corrected chi connectivity index (χ4v) is 3.36. The average Bonchev–Trinajstić information content (AvgIpc) is 2.58. The molecule has 0 aromatic heterocycles. The summed E-state index contributed by atoms with van der Waals surface area (Å²) in [5.41, 5.74) is 0. The normalized spacial score (nSPS) is 12.2. The molecule has 26 heavy (non-hydrogen) atoms. The largest absolute Gasteiger partial charge is 0.726 e. The van der Waals surface area contributed by atoms with E-state index in [2.05, 4.69) is 45.7 Å². The van der Waals surface area contributed by atoms with Crippen LogP contribution in [-0.4, -0.2) is 50.2 Å². The van der Waals surface area contributed by atoms with E-state index in [1.165, 1.54) is 62.8 Å². The molecule has 0 saturated carbocycles. The molecule has 0 fully saturated rings. The van der Waals surface area contributed by atoms with Gasteiger partial charge in [0.25, 0.3) is 0 Å². The van der Waals surface area contributed by atoms with E-state index in [4.69, 9.17) is 0 Å². The van der Waals surface area contributed by atoms with Gasteiger partial charge in [-0.15, -0.1) is 0 Å². The van der Waals surface area contributed by atoms with Crippen LogP contribution in [0.15, 0.2) is 0 Å². The van der Waals surface area contributed by atoms with Crippen LogP contribution >= 0.6 is 0 Å². The Balaban J connectivity index is 0. The van der Waals surface area contributed by atoms with E-state index in [1.807, 2.05) is 0 Å². The Hall–Kier alpha value is -0.170. The topological polar surface area (TPSA) is 66.4 Å². The van der Waals surface area contributed by atoms with Gasteiger partial charge in [-0.05, 0) is 40.0 Å². The quantitative estimate of drug-likeness (QED) is 0.167. The maximum atomic E-state index is 10.1. The zero-order valence-electron chi connectivity index (χ0n) is 18.3. The van der Waals surface area contributed by atoms with Crippen LogP contribution in [0.3, 0.4) is 0 Å². The second kappa shape index (κ2) is 17.0. The molecule has 0 aliphatic rings. The maximum Gasteiger partial charge on any atom is 0.217 e. The molecule has 0 amide bonds. The summed E-state index contributed by atoms with van der Waals surface area (Å²) in [6, 6.07) is 0. The molecule has 0 atom stereocenters. The lowest BCUT2D eigenvalue weighted by molar-refractivity contribution is -0.921. The second-order valence-electron chi connectivity index (χ2n) is 7.49. The first-order valence-electron chi connectivity index (χ1n) is 10.6. The SMILES string of the molecule is CC(C)CCCCCCCCCOS(=O)(=O)[O-].CC[N+](CC)(CC)CC. The number of unbranched alkanes of at least 4 members (excludes halogenated alkanes) is 6. The van der Waals surface area contributed by atoms with Gasteiger partial charge < -0.3 is 9.04 Å². The molecule has 0 rings (SSSR count). The highest BCUT2D eigenvalue weighted by Crippen LogP contribution is 2.12. The molecule has 0 aliphatic carbocycles. The molecule has 6 heteroatoms. The van der Waals surface area contributed by atoms with Crippen LogP contribution in [0.2, 0.25) is 0 Å². The highest BCUT2D eigenvalue weighted by Gasteiger charge is 2.16. The van der Waals surface area contributed by atoms with Gasteiger partial charge in [0, 0.05) is 0 Å². The van der Waals surface area contributed by atoms with E-state index in [9.17, 15) is 13.0 Å². The Morgan fingerprint density at radius 1 is 0.769 bits per heavy atom. The lowest BCUT2D eigenvalue weighted by Gasteiger charge is -2.34. The molecule has 160 valence electrons. The van der Waals surface area contributed by atoms with Gasteiger partial charge in [0.2, 0.25) is 10.4 Å². The van der Waals surface area contributed by atoms with E-state index in [-0.39, 0.29) is 6.61 Å². The van der Waals surface area contributed by atoms with Gasteiger partial charge in [-0.2, -0.15) is 0 Å². The van der Waals surface area contributed by atoms with E-state index in [0.29, 0.717) is 6.42 Å². The van der Waals surface area contributed by atoms with Gasteiger partial charge in [-0.3, -0.25) is 4.18 Å². The Bertz CT molecular complexity index is 375. The first kappa shape index (κ1) is 28.0. The number of hydrogen-bond acceptors (Lipinski definition) is 4. The minimum absolute atomic E-state index is 0.0270. The van der Waals surface area contributed by atoms with E-state index in [0.717, 1.165) is 18.8 Å². The van der Waals surface area contributed by atoms with Crippen molar-refractivity contribution in [2.45, 2.75) is 92.9 Å². The summed E-state index contributed by atoms with van der Waals surface area (Å²) < 4.78 is 35.7. The zero-order chi connectivity index (χ0) is 20.5. The molecule has 0 heterocycles. The van der Waals surface area contributed by atoms with Gasteiger partial charge in [0.05, 0.1) is 32.8 Å². The third-order valence-corrected chi connectivity index (χ3v) is 5.79. The number of hydrogen-bond donors (Lipinski definition) is 0. The molecular weight excluding hydrogens is 350 g/mol. The minimum atomic E-state index is -4.49. The maximum absolute atomic E-state index is 10.1. The third kappa shape index (κ3) is 18.6. The van der Waals surface area contributed by atoms with Crippen LogP contribution in [-0.2, 0) is 14.6 Å². The van der Waals surface area contributed by atoms with E-state index < -0.39 is 10.4 Å². The Morgan fingerprint density at radius 2 is 1.15 bits per heavy atom. The Labute approximate surface area is 164 Å². The predicted octanol–water partition coefficient (Wildman–Crippen LogP) is 5.12. The fourth-order valence-electron chi connectivity index (χ4n) is 3.04. The van der Waals surface area contributed by atoms with Crippen LogP contribution in [0.4, 0.5) is 0 Å². The minimum Gasteiger partial charge on any atom is -0.726 e. The average molecular weight is 396 g/mol. The van der Waals surface area contributed by atoms with Crippen LogP contribution in [0.1, 0.15) is 92.9 Å². The highest BCUT2D eigenvalue weighted by atomic mass is 32.3. The van der Waals surface area contributed by atoms with Gasteiger partial charge in [-0.25, -0.2) is 8.42 Å². The van der Waals surface area contributed by atoms with Crippen molar-refractivity contribution in [1.82, 2.24) is 0 Å². The van der Waals surface area contributed by atoms with Crippen molar-refractivity contribution in [3.05, 3.63) is 0 Å². The smallest absolute Gasteiger partial charge is 0.217 e. The molecular formula is C20H45NO4S. The highest BCUT2D eigenvalue weighted by molar-refractivity contribution is 7.80. The van der Waals surface area contributed by atoms with Crippen LogP contribution < -0.4 is 0 Å². The van der Waals surface area contributed by atoms with Gasteiger partial charge in [0.15, 0.2) is 0 Å². The standard InChI is InChI=1S/C12H26O4S.C8H20N/c1-12(2)10-8-6-4-3-5-7-9-11-16-17(13,14)15;1-5-9(6-2,7-3)8-4/h12H,3-11H2,1-2H3,(H,13,14,15);5-8H2,1-4H3/q;+1/p-1. The van der Waals surface area contributed by atoms with Crippen molar-refractivity contribution in [3.8, 4) is 0 Å². The summed E-state index contributed by atoms with van der Waals surface area (Å²) in [7, 11) is -4.49. The van der Waals surface area contributed by atoms with Gasteiger partial charge >= 0.3 is 0 Å². The molecule has 0 unspecified atom stereocenters. The summed E-state index contributed by atoms with van der Waals surface area (Å²) in [6.45, 7) is 18.7. The predicted molar refractivity (Wildman–Crippen MR) is 110 cm³/mol. The summed E-state index contributed by atoms with van der Waals surface area (Å²) in [6.07, 6.45) is 8.97. The summed E-state index contributed by atoms with van der Waals surface area (Å²) in [5, 5.41) is 0. The fraction of sp³-hybridized carbons (Fsp3) is 1.00. The molecule has 0 spiro atoms. The van der Waals surface area contributed by atoms with Gasteiger partial charge in [-0.1, -0.05) is 58.8 Å². The van der Waals surface area contributed by atoms with Crippen molar-refractivity contribution >= 4 is 10.4 Å². The van der Waals surface area contributed by atoms with Crippen molar-refractivity contribution in [2.75, 3.05) is 32.8 Å². The van der Waals surface area contributed by atoms with Crippen LogP contribution in [0.5, 0.6) is 0 Å². The zero-order valence-corrected chi connectivity index (χ0v) is 19.1.